The summed E-state index contributed by atoms with van der Waals surface area (Å²) in [6.45, 7) is 4.40. The summed E-state index contributed by atoms with van der Waals surface area (Å²) in [5.41, 5.74) is 7.16. The SMILES string of the molecule is CCCCc1nc(C(N)CCCC)cs1. The molecule has 1 unspecified atom stereocenters. The molecule has 1 aromatic heterocycles. The van der Waals surface area contributed by atoms with Crippen molar-refractivity contribution in [2.45, 2.75) is 58.4 Å². The monoisotopic (exact) mass is 226 g/mol. The number of thiazole rings is 1. The summed E-state index contributed by atoms with van der Waals surface area (Å²) >= 11 is 1.76. The number of nitrogens with two attached hydrogens (primary N) is 1. The van der Waals surface area contributed by atoms with Crippen LogP contribution in [0.25, 0.3) is 0 Å². The van der Waals surface area contributed by atoms with E-state index >= 15 is 0 Å². The van der Waals surface area contributed by atoms with Crippen molar-refractivity contribution in [3.8, 4) is 0 Å². The Hall–Kier alpha value is -0.410. The third-order valence-electron chi connectivity index (χ3n) is 2.56. The molecule has 0 saturated carbocycles. The Bertz CT molecular complexity index is 270. The summed E-state index contributed by atoms with van der Waals surface area (Å²) in [6.07, 6.45) is 7.05. The van der Waals surface area contributed by atoms with Gasteiger partial charge in [-0.3, -0.25) is 0 Å². The summed E-state index contributed by atoms with van der Waals surface area (Å²) in [5.74, 6) is 0. The van der Waals surface area contributed by atoms with E-state index in [9.17, 15) is 0 Å². The summed E-state index contributed by atoms with van der Waals surface area (Å²) in [7, 11) is 0. The van der Waals surface area contributed by atoms with Gasteiger partial charge in [-0.25, -0.2) is 4.98 Å². The maximum absolute atomic E-state index is 6.07. The predicted molar refractivity (Wildman–Crippen MR) is 67.2 cm³/mol. The molecule has 1 rings (SSSR count). The number of rotatable bonds is 7. The fraction of sp³-hybridized carbons (Fsp3) is 0.750. The molecule has 1 heterocycles. The Morgan fingerprint density at radius 1 is 1.33 bits per heavy atom. The van der Waals surface area contributed by atoms with Crippen molar-refractivity contribution in [1.82, 2.24) is 4.98 Å². The van der Waals surface area contributed by atoms with Crippen LogP contribution < -0.4 is 5.73 Å². The fourth-order valence-corrected chi connectivity index (χ4v) is 2.41. The number of hydrogen-bond donors (Lipinski definition) is 1. The largest absolute Gasteiger partial charge is 0.323 e. The Morgan fingerprint density at radius 3 is 2.73 bits per heavy atom. The van der Waals surface area contributed by atoms with Crippen molar-refractivity contribution in [1.29, 1.82) is 0 Å². The van der Waals surface area contributed by atoms with Gasteiger partial charge in [0.05, 0.1) is 10.7 Å². The quantitative estimate of drug-likeness (QED) is 0.770. The van der Waals surface area contributed by atoms with Gasteiger partial charge in [0.2, 0.25) is 0 Å². The molecule has 1 atom stereocenters. The van der Waals surface area contributed by atoms with Crippen LogP contribution in [-0.2, 0) is 6.42 Å². The molecule has 0 saturated heterocycles. The van der Waals surface area contributed by atoms with E-state index in [2.05, 4.69) is 24.2 Å². The van der Waals surface area contributed by atoms with Crippen LogP contribution >= 0.6 is 11.3 Å². The first kappa shape index (κ1) is 12.7. The Morgan fingerprint density at radius 2 is 2.07 bits per heavy atom. The molecule has 0 aliphatic rings. The number of nitrogens with zero attached hydrogens (tertiary/aromatic N) is 1. The van der Waals surface area contributed by atoms with Gasteiger partial charge >= 0.3 is 0 Å². The van der Waals surface area contributed by atoms with Crippen LogP contribution in [0.4, 0.5) is 0 Å². The van der Waals surface area contributed by atoms with Crippen molar-refractivity contribution in [2.24, 2.45) is 5.73 Å². The second-order valence-electron chi connectivity index (χ2n) is 4.02. The molecule has 0 amide bonds. The van der Waals surface area contributed by atoms with Crippen molar-refractivity contribution >= 4 is 11.3 Å². The minimum atomic E-state index is 0.150. The summed E-state index contributed by atoms with van der Waals surface area (Å²) in [6, 6.07) is 0.150. The minimum absolute atomic E-state index is 0.150. The standard InChI is InChI=1S/C12H22N2S/c1-3-5-7-10(13)11-9-15-12(14-11)8-6-4-2/h9-10H,3-8,13H2,1-2H3. The first-order valence-electron chi connectivity index (χ1n) is 5.97. The molecule has 86 valence electrons. The second-order valence-corrected chi connectivity index (χ2v) is 4.96. The van der Waals surface area contributed by atoms with Crippen LogP contribution in [0.2, 0.25) is 0 Å². The van der Waals surface area contributed by atoms with Gasteiger partial charge in [0.1, 0.15) is 0 Å². The van der Waals surface area contributed by atoms with E-state index in [0.717, 1.165) is 18.5 Å². The molecule has 2 N–H and O–H groups in total. The smallest absolute Gasteiger partial charge is 0.0928 e. The number of aromatic nitrogens is 1. The van der Waals surface area contributed by atoms with E-state index in [1.807, 2.05) is 0 Å². The summed E-state index contributed by atoms with van der Waals surface area (Å²) in [5, 5.41) is 3.38. The molecule has 0 aliphatic heterocycles. The van der Waals surface area contributed by atoms with Crippen molar-refractivity contribution in [3.63, 3.8) is 0 Å². The first-order chi connectivity index (χ1) is 7.27. The van der Waals surface area contributed by atoms with Crippen LogP contribution in [0.15, 0.2) is 5.38 Å². The van der Waals surface area contributed by atoms with Gasteiger partial charge in [0.15, 0.2) is 0 Å². The van der Waals surface area contributed by atoms with Gasteiger partial charge in [-0.05, 0) is 19.3 Å². The maximum atomic E-state index is 6.07. The zero-order valence-corrected chi connectivity index (χ0v) is 10.6. The Kier molecular flexibility index (Phi) is 5.88. The van der Waals surface area contributed by atoms with E-state index in [1.165, 1.54) is 30.7 Å². The summed E-state index contributed by atoms with van der Waals surface area (Å²) < 4.78 is 0. The third-order valence-corrected chi connectivity index (χ3v) is 3.49. The molecule has 0 bridgehead atoms. The van der Waals surface area contributed by atoms with Gasteiger partial charge in [0, 0.05) is 11.4 Å². The van der Waals surface area contributed by atoms with Gasteiger partial charge < -0.3 is 5.73 Å². The lowest BCUT2D eigenvalue weighted by Crippen LogP contribution is -2.10. The van der Waals surface area contributed by atoms with E-state index < -0.39 is 0 Å². The molecule has 0 aromatic carbocycles. The summed E-state index contributed by atoms with van der Waals surface area (Å²) in [4.78, 5) is 4.59. The van der Waals surface area contributed by atoms with Crippen LogP contribution in [0.3, 0.4) is 0 Å². The number of hydrogen-bond acceptors (Lipinski definition) is 3. The van der Waals surface area contributed by atoms with Crippen LogP contribution in [0.1, 0.15) is 62.7 Å². The third kappa shape index (κ3) is 4.31. The highest BCUT2D eigenvalue weighted by molar-refractivity contribution is 7.09. The second kappa shape index (κ2) is 6.96. The van der Waals surface area contributed by atoms with E-state index in [-0.39, 0.29) is 6.04 Å². The molecule has 0 radical (unpaired) electrons. The van der Waals surface area contributed by atoms with Crippen molar-refractivity contribution in [3.05, 3.63) is 16.1 Å². The van der Waals surface area contributed by atoms with Gasteiger partial charge in [-0.2, -0.15) is 0 Å². The molecular formula is C12H22N2S. The van der Waals surface area contributed by atoms with E-state index in [1.54, 1.807) is 11.3 Å². The maximum Gasteiger partial charge on any atom is 0.0928 e. The highest BCUT2D eigenvalue weighted by Crippen LogP contribution is 2.20. The lowest BCUT2D eigenvalue weighted by Gasteiger charge is -2.06. The normalized spacial score (nSPS) is 13.0. The highest BCUT2D eigenvalue weighted by Gasteiger charge is 2.09. The fourth-order valence-electron chi connectivity index (χ4n) is 1.51. The lowest BCUT2D eigenvalue weighted by molar-refractivity contribution is 0.591. The topological polar surface area (TPSA) is 38.9 Å². The molecule has 0 fully saturated rings. The average Bonchev–Trinajstić information content (AvgIpc) is 2.71. The molecule has 0 aliphatic carbocycles. The molecule has 3 heteroatoms. The Labute approximate surface area is 96.9 Å². The highest BCUT2D eigenvalue weighted by atomic mass is 32.1. The van der Waals surface area contributed by atoms with Gasteiger partial charge in [-0.15, -0.1) is 11.3 Å². The van der Waals surface area contributed by atoms with Gasteiger partial charge in [-0.1, -0.05) is 33.1 Å². The van der Waals surface area contributed by atoms with Gasteiger partial charge in [0.25, 0.3) is 0 Å². The minimum Gasteiger partial charge on any atom is -0.323 e. The van der Waals surface area contributed by atoms with E-state index in [4.69, 9.17) is 5.73 Å². The molecule has 0 spiro atoms. The zero-order chi connectivity index (χ0) is 11.1. The van der Waals surface area contributed by atoms with Crippen LogP contribution in [-0.4, -0.2) is 4.98 Å². The molecule has 2 nitrogen and oxygen atoms in total. The average molecular weight is 226 g/mol. The molecular weight excluding hydrogens is 204 g/mol. The predicted octanol–water partition coefficient (Wildman–Crippen LogP) is 3.68. The van der Waals surface area contributed by atoms with Crippen molar-refractivity contribution < 1.29 is 0 Å². The molecule has 1 aromatic rings. The van der Waals surface area contributed by atoms with Crippen LogP contribution in [0.5, 0.6) is 0 Å². The number of aryl methyl sites for hydroxylation is 1. The Balaban J connectivity index is 2.43. The zero-order valence-electron chi connectivity index (χ0n) is 9.83. The first-order valence-corrected chi connectivity index (χ1v) is 6.85. The van der Waals surface area contributed by atoms with E-state index in [0.29, 0.717) is 0 Å². The van der Waals surface area contributed by atoms with Crippen LogP contribution in [0, 0.1) is 0 Å². The van der Waals surface area contributed by atoms with Crippen molar-refractivity contribution in [2.75, 3.05) is 0 Å². The number of unbranched alkanes of at least 4 members (excludes halogenated alkanes) is 2. The molecule has 15 heavy (non-hydrogen) atoms. The lowest BCUT2D eigenvalue weighted by atomic mass is 10.1.